The van der Waals surface area contributed by atoms with Gasteiger partial charge in [-0.15, -0.1) is 0 Å². The van der Waals surface area contributed by atoms with Crippen LogP contribution >= 0.6 is 15.9 Å². The fourth-order valence-corrected chi connectivity index (χ4v) is 3.14. The van der Waals surface area contributed by atoms with Crippen molar-refractivity contribution in [2.45, 2.75) is 70.5 Å². The second-order valence-corrected chi connectivity index (χ2v) is 11.0. The van der Waals surface area contributed by atoms with Crippen molar-refractivity contribution >= 4 is 32.9 Å². The van der Waals surface area contributed by atoms with Crippen molar-refractivity contribution in [2.75, 3.05) is 0 Å². The maximum absolute atomic E-state index is 12.6. The van der Waals surface area contributed by atoms with E-state index in [2.05, 4.69) is 20.7 Å². The summed E-state index contributed by atoms with van der Waals surface area (Å²) in [6.07, 6.45) is 0. The van der Waals surface area contributed by atoms with Crippen LogP contribution in [0.4, 0.5) is 0 Å². The van der Waals surface area contributed by atoms with Gasteiger partial charge in [0.15, 0.2) is 5.60 Å². The molecular weight excluding hydrogens is 406 g/mol. The van der Waals surface area contributed by atoms with Crippen LogP contribution in [0.3, 0.4) is 0 Å². The Kier molecular flexibility index (Phi) is 7.01. The van der Waals surface area contributed by atoms with E-state index >= 15 is 0 Å². The Hall–Kier alpha value is -0.760. The van der Waals surface area contributed by atoms with Crippen LogP contribution in [0.5, 0.6) is 0 Å². The largest absolute Gasteiger partial charge is 0.458 e. The van der Waals surface area contributed by atoms with Crippen LogP contribution in [0, 0.1) is 0 Å². The highest BCUT2D eigenvalue weighted by atomic mass is 79.9. The lowest BCUT2D eigenvalue weighted by Gasteiger charge is -2.35. The molecule has 2 N–H and O–H groups in total. The van der Waals surface area contributed by atoms with Crippen LogP contribution in [-0.2, 0) is 20.5 Å². The number of benzene rings is 1. The van der Waals surface area contributed by atoms with E-state index < -0.39 is 38.9 Å². The van der Waals surface area contributed by atoms with Crippen molar-refractivity contribution in [2.24, 2.45) is 0 Å². The molecule has 0 amide bonds. The average Bonchev–Trinajstić information content (AvgIpc) is 2.42. The van der Waals surface area contributed by atoms with Gasteiger partial charge in [-0.05, 0) is 66.2 Å². The molecule has 0 spiro atoms. The Morgan fingerprint density at radius 3 is 2.00 bits per heavy atom. The number of hydrogen-bond acceptors (Lipinski definition) is 4. The van der Waals surface area contributed by atoms with Gasteiger partial charge in [-0.25, -0.2) is 13.7 Å². The zero-order valence-electron chi connectivity index (χ0n) is 15.8. The highest BCUT2D eigenvalue weighted by Gasteiger charge is 2.45. The van der Waals surface area contributed by atoms with Gasteiger partial charge in [-0.1, -0.05) is 28.1 Å². The molecule has 0 aliphatic rings. The maximum Gasteiger partial charge on any atom is 0.340 e. The monoisotopic (exact) mass is 433 g/mol. The number of aliphatic hydroxyl groups is 1. The second-order valence-electron chi connectivity index (χ2n) is 8.13. The van der Waals surface area contributed by atoms with E-state index in [0.29, 0.717) is 5.56 Å². The van der Waals surface area contributed by atoms with Gasteiger partial charge in [0.2, 0.25) is 0 Å². The molecule has 0 aromatic heterocycles. The van der Waals surface area contributed by atoms with Crippen LogP contribution in [-0.4, -0.2) is 31.2 Å². The van der Waals surface area contributed by atoms with E-state index in [1.165, 1.54) is 6.92 Å². The number of hydrogen-bond donors (Lipinski definition) is 2. The maximum atomic E-state index is 12.6. The molecule has 0 unspecified atom stereocenters. The number of esters is 1. The van der Waals surface area contributed by atoms with Crippen LogP contribution in [0.1, 0.15) is 60.1 Å². The molecule has 142 valence electrons. The first kappa shape index (κ1) is 22.3. The van der Waals surface area contributed by atoms with Gasteiger partial charge >= 0.3 is 5.97 Å². The zero-order valence-corrected chi connectivity index (χ0v) is 18.2. The van der Waals surface area contributed by atoms with Gasteiger partial charge < -0.3 is 9.84 Å². The molecule has 0 saturated carbocycles. The summed E-state index contributed by atoms with van der Waals surface area (Å²) in [5, 5.41) is 11.0. The Balaban J connectivity index is 3.27. The fraction of sp³-hybridized carbons (Fsp3) is 0.611. The van der Waals surface area contributed by atoms with Crippen molar-refractivity contribution in [3.63, 3.8) is 0 Å². The lowest BCUT2D eigenvalue weighted by atomic mass is 9.91. The Morgan fingerprint density at radius 1 is 1.12 bits per heavy atom. The van der Waals surface area contributed by atoms with Crippen LogP contribution in [0.15, 0.2) is 28.7 Å². The molecular formula is C18H28BrNO4S. The first-order chi connectivity index (χ1) is 11.1. The van der Waals surface area contributed by atoms with Crippen molar-refractivity contribution in [1.29, 1.82) is 0 Å². The summed E-state index contributed by atoms with van der Waals surface area (Å²) < 4.78 is 21.2. The number of carbonyl (C=O) groups excluding carboxylic acids is 1. The van der Waals surface area contributed by atoms with Gasteiger partial charge in [0.25, 0.3) is 0 Å². The predicted molar refractivity (Wildman–Crippen MR) is 104 cm³/mol. The third kappa shape index (κ3) is 6.47. The summed E-state index contributed by atoms with van der Waals surface area (Å²) in [6, 6.07) is 6.24. The molecule has 0 fully saturated rings. The van der Waals surface area contributed by atoms with Crippen molar-refractivity contribution < 1.29 is 18.8 Å². The minimum Gasteiger partial charge on any atom is -0.458 e. The first-order valence-electron chi connectivity index (χ1n) is 8.04. The third-order valence-corrected chi connectivity index (χ3v) is 5.45. The standard InChI is InChI=1S/C18H28BrNO4S/c1-16(2,3)24-15(21)18(7,22)14(20-25(23)17(4,5)6)12-8-10-13(19)11-9-12/h8-11,14,20,22H,1-7H3/t14-,18+,25+/m0/s1. The fourth-order valence-electron chi connectivity index (χ4n) is 1.95. The molecule has 1 aromatic carbocycles. The SMILES string of the molecule is CC(C)(C)OC(=O)[C@](C)(O)[C@@H](N[S@](=O)C(C)(C)C)c1ccc(Br)cc1. The van der Waals surface area contributed by atoms with Gasteiger partial charge in [0.1, 0.15) is 5.60 Å². The molecule has 25 heavy (non-hydrogen) atoms. The number of halogens is 1. The van der Waals surface area contributed by atoms with Gasteiger partial charge in [-0.2, -0.15) is 0 Å². The van der Waals surface area contributed by atoms with Crippen LogP contribution in [0.2, 0.25) is 0 Å². The van der Waals surface area contributed by atoms with E-state index in [-0.39, 0.29) is 0 Å². The van der Waals surface area contributed by atoms with Crippen LogP contribution in [0.25, 0.3) is 0 Å². The van der Waals surface area contributed by atoms with Gasteiger partial charge in [0.05, 0.1) is 21.8 Å². The van der Waals surface area contributed by atoms with E-state index in [9.17, 15) is 14.1 Å². The van der Waals surface area contributed by atoms with Crippen molar-refractivity contribution in [3.05, 3.63) is 34.3 Å². The molecule has 5 nitrogen and oxygen atoms in total. The highest BCUT2D eigenvalue weighted by molar-refractivity contribution is 9.10. The van der Waals surface area contributed by atoms with E-state index in [0.717, 1.165) is 4.47 Å². The summed E-state index contributed by atoms with van der Waals surface area (Å²) in [5.41, 5.74) is -2.01. The molecule has 1 rings (SSSR count). The molecule has 0 saturated heterocycles. The average molecular weight is 434 g/mol. The normalized spacial score (nSPS) is 17.5. The lowest BCUT2D eigenvalue weighted by Crippen LogP contribution is -2.52. The highest BCUT2D eigenvalue weighted by Crippen LogP contribution is 2.31. The number of ether oxygens (including phenoxy) is 1. The summed E-state index contributed by atoms with van der Waals surface area (Å²) in [6.45, 7) is 12.0. The molecule has 0 radical (unpaired) electrons. The lowest BCUT2D eigenvalue weighted by molar-refractivity contribution is -0.178. The minimum absolute atomic E-state index is 0.558. The minimum atomic E-state index is -1.90. The molecule has 3 atom stereocenters. The molecule has 0 aliphatic heterocycles. The van der Waals surface area contributed by atoms with Crippen molar-refractivity contribution in [3.8, 4) is 0 Å². The third-order valence-electron chi connectivity index (χ3n) is 3.36. The smallest absolute Gasteiger partial charge is 0.340 e. The number of nitrogens with one attached hydrogen (secondary N) is 1. The topological polar surface area (TPSA) is 75.6 Å². The van der Waals surface area contributed by atoms with Crippen LogP contribution < -0.4 is 4.72 Å². The molecule has 0 heterocycles. The molecule has 0 bridgehead atoms. The Morgan fingerprint density at radius 2 is 1.60 bits per heavy atom. The Labute approximate surface area is 161 Å². The predicted octanol–water partition coefficient (Wildman–Crippen LogP) is 3.63. The van der Waals surface area contributed by atoms with E-state index in [4.69, 9.17) is 4.74 Å². The van der Waals surface area contributed by atoms with E-state index in [1.54, 1.807) is 45.0 Å². The summed E-state index contributed by atoms with van der Waals surface area (Å²) in [4.78, 5) is 12.6. The van der Waals surface area contributed by atoms with E-state index in [1.807, 2.05) is 20.8 Å². The molecule has 0 aliphatic carbocycles. The van der Waals surface area contributed by atoms with Crippen molar-refractivity contribution in [1.82, 2.24) is 4.72 Å². The summed E-state index contributed by atoms with van der Waals surface area (Å²) in [5.74, 6) is -0.772. The van der Waals surface area contributed by atoms with Gasteiger partial charge in [0, 0.05) is 4.47 Å². The molecule has 7 heteroatoms. The summed E-state index contributed by atoms with van der Waals surface area (Å²) in [7, 11) is -1.49. The zero-order chi connectivity index (χ0) is 19.6. The first-order valence-corrected chi connectivity index (χ1v) is 9.98. The second kappa shape index (κ2) is 7.86. The quantitative estimate of drug-likeness (QED) is 0.694. The number of carbonyl (C=O) groups is 1. The van der Waals surface area contributed by atoms with Gasteiger partial charge in [-0.3, -0.25) is 0 Å². The molecule has 1 aromatic rings. The Bertz CT molecular complexity index is 630. The number of rotatable bonds is 5. The summed E-state index contributed by atoms with van der Waals surface area (Å²) >= 11 is 3.36.